The monoisotopic (exact) mass is 225 g/mol. The number of nitriles is 1. The van der Waals surface area contributed by atoms with Gasteiger partial charge in [0, 0.05) is 6.42 Å². The van der Waals surface area contributed by atoms with E-state index >= 15 is 0 Å². The minimum absolute atomic E-state index is 0.0942. The smallest absolute Gasteiger partial charge is 0.141 e. The lowest BCUT2D eigenvalue weighted by molar-refractivity contribution is -0.0577. The van der Waals surface area contributed by atoms with Crippen molar-refractivity contribution in [3.8, 4) is 6.07 Å². The van der Waals surface area contributed by atoms with Crippen LogP contribution in [0.1, 0.15) is 12.0 Å². The van der Waals surface area contributed by atoms with Crippen molar-refractivity contribution in [2.75, 3.05) is 13.2 Å². The van der Waals surface area contributed by atoms with Gasteiger partial charge in [-0.25, -0.2) is 4.39 Å². The molecule has 0 bridgehead atoms. The zero-order chi connectivity index (χ0) is 10.9. The zero-order valence-corrected chi connectivity index (χ0v) is 8.72. The molecule has 1 heterocycles. The maximum Gasteiger partial charge on any atom is 0.141 e. The Morgan fingerprint density at radius 3 is 2.73 bits per heavy atom. The summed E-state index contributed by atoms with van der Waals surface area (Å²) in [7, 11) is 0. The predicted octanol–water partition coefficient (Wildman–Crippen LogP) is 2.66. The van der Waals surface area contributed by atoms with E-state index in [0.29, 0.717) is 19.6 Å². The van der Waals surface area contributed by atoms with Crippen LogP contribution in [-0.4, -0.2) is 13.2 Å². The van der Waals surface area contributed by atoms with Gasteiger partial charge in [-0.15, -0.1) is 0 Å². The minimum atomic E-state index is -0.437. The van der Waals surface area contributed by atoms with Crippen LogP contribution >= 0.6 is 11.6 Å². The van der Waals surface area contributed by atoms with Gasteiger partial charge in [-0.05, 0) is 17.7 Å². The first kappa shape index (κ1) is 10.4. The van der Waals surface area contributed by atoms with Crippen LogP contribution in [0.25, 0.3) is 0 Å². The summed E-state index contributed by atoms with van der Waals surface area (Å²) in [6, 6.07) is 6.70. The van der Waals surface area contributed by atoms with Gasteiger partial charge in [0.05, 0.1) is 29.7 Å². The van der Waals surface area contributed by atoms with E-state index in [1.165, 1.54) is 6.07 Å². The quantitative estimate of drug-likeness (QED) is 0.775. The van der Waals surface area contributed by atoms with Gasteiger partial charge in [0.2, 0.25) is 0 Å². The fraction of sp³-hybridized carbons (Fsp3) is 0.364. The second-order valence-corrected chi connectivity index (χ2v) is 4.14. The van der Waals surface area contributed by atoms with Crippen LogP contribution in [0.15, 0.2) is 18.2 Å². The van der Waals surface area contributed by atoms with E-state index in [9.17, 15) is 4.39 Å². The molecular formula is C11H9ClFNO. The standard InChI is InChI=1S/C11H9ClFNO/c12-9-5-8(1-2-10(9)13)11(3-4-14)6-15-7-11/h1-2,5H,3,6-7H2. The van der Waals surface area contributed by atoms with Crippen LogP contribution in [0.2, 0.25) is 5.02 Å². The van der Waals surface area contributed by atoms with Crippen molar-refractivity contribution in [2.24, 2.45) is 0 Å². The number of ether oxygens (including phenoxy) is 1. The van der Waals surface area contributed by atoms with Crippen molar-refractivity contribution in [1.29, 1.82) is 5.26 Å². The highest BCUT2D eigenvalue weighted by atomic mass is 35.5. The Morgan fingerprint density at radius 1 is 1.53 bits per heavy atom. The molecule has 2 rings (SSSR count). The molecule has 4 heteroatoms. The summed E-state index contributed by atoms with van der Waals surface area (Å²) in [6.07, 6.45) is 0.370. The molecule has 0 unspecified atom stereocenters. The van der Waals surface area contributed by atoms with Crippen molar-refractivity contribution in [1.82, 2.24) is 0 Å². The molecule has 78 valence electrons. The predicted molar refractivity (Wildman–Crippen MR) is 54.1 cm³/mol. The van der Waals surface area contributed by atoms with Gasteiger partial charge in [-0.2, -0.15) is 5.26 Å². The zero-order valence-electron chi connectivity index (χ0n) is 7.96. The molecule has 0 radical (unpaired) electrons. The normalized spacial score (nSPS) is 17.9. The summed E-state index contributed by atoms with van der Waals surface area (Å²) in [5.41, 5.74) is 0.591. The third-order valence-corrected chi connectivity index (χ3v) is 3.00. The highest BCUT2D eigenvalue weighted by molar-refractivity contribution is 6.30. The van der Waals surface area contributed by atoms with Crippen molar-refractivity contribution in [3.05, 3.63) is 34.6 Å². The topological polar surface area (TPSA) is 33.0 Å². The van der Waals surface area contributed by atoms with Gasteiger partial charge in [-0.3, -0.25) is 0 Å². The van der Waals surface area contributed by atoms with E-state index in [1.54, 1.807) is 12.1 Å². The summed E-state index contributed by atoms with van der Waals surface area (Å²) in [5, 5.41) is 8.83. The summed E-state index contributed by atoms with van der Waals surface area (Å²) < 4.78 is 18.1. The van der Waals surface area contributed by atoms with Gasteiger partial charge < -0.3 is 4.74 Å². The first-order valence-electron chi connectivity index (χ1n) is 4.58. The summed E-state index contributed by atoms with van der Waals surface area (Å²) >= 11 is 5.70. The van der Waals surface area contributed by atoms with E-state index in [-0.39, 0.29) is 10.4 Å². The Kier molecular flexibility index (Phi) is 2.64. The first-order valence-corrected chi connectivity index (χ1v) is 4.96. The highest BCUT2D eigenvalue weighted by Crippen LogP contribution is 2.36. The molecule has 1 aromatic carbocycles. The maximum atomic E-state index is 13.0. The van der Waals surface area contributed by atoms with E-state index < -0.39 is 5.82 Å². The molecule has 1 aromatic rings. The molecule has 0 aliphatic carbocycles. The molecule has 0 amide bonds. The lowest BCUT2D eigenvalue weighted by Crippen LogP contribution is -2.46. The average Bonchev–Trinajstić information content (AvgIpc) is 2.16. The maximum absolute atomic E-state index is 13.0. The van der Waals surface area contributed by atoms with Crippen LogP contribution in [0.5, 0.6) is 0 Å². The molecule has 0 saturated carbocycles. The second-order valence-electron chi connectivity index (χ2n) is 3.74. The van der Waals surface area contributed by atoms with Gasteiger partial charge in [-0.1, -0.05) is 17.7 Å². The number of nitrogens with zero attached hydrogens (tertiary/aromatic N) is 1. The van der Waals surface area contributed by atoms with Gasteiger partial charge >= 0.3 is 0 Å². The van der Waals surface area contributed by atoms with Crippen molar-refractivity contribution in [3.63, 3.8) is 0 Å². The molecule has 0 N–H and O–H groups in total. The number of halogens is 2. The van der Waals surface area contributed by atoms with Gasteiger partial charge in [0.15, 0.2) is 0 Å². The van der Waals surface area contributed by atoms with E-state index in [1.807, 2.05) is 0 Å². The molecule has 1 fully saturated rings. The molecule has 2 nitrogen and oxygen atoms in total. The SMILES string of the molecule is N#CCC1(c2ccc(F)c(Cl)c2)COC1. The lowest BCUT2D eigenvalue weighted by atomic mass is 9.76. The van der Waals surface area contributed by atoms with E-state index in [4.69, 9.17) is 21.6 Å². The van der Waals surface area contributed by atoms with Crippen molar-refractivity contribution in [2.45, 2.75) is 11.8 Å². The van der Waals surface area contributed by atoms with Crippen LogP contribution in [-0.2, 0) is 10.2 Å². The number of hydrogen-bond donors (Lipinski definition) is 0. The van der Waals surface area contributed by atoms with Crippen LogP contribution in [0, 0.1) is 17.1 Å². The summed E-state index contributed by atoms with van der Waals surface area (Å²) in [6.45, 7) is 1.01. The minimum Gasteiger partial charge on any atom is -0.379 e. The number of benzene rings is 1. The number of rotatable bonds is 2. The van der Waals surface area contributed by atoms with Gasteiger partial charge in [0.25, 0.3) is 0 Å². The van der Waals surface area contributed by atoms with Crippen LogP contribution < -0.4 is 0 Å². The Hall–Kier alpha value is -1.11. The fourth-order valence-corrected chi connectivity index (χ4v) is 1.88. The molecule has 15 heavy (non-hydrogen) atoms. The second kappa shape index (κ2) is 3.80. The molecule has 0 atom stereocenters. The average molecular weight is 226 g/mol. The Labute approximate surface area is 92.2 Å². The number of hydrogen-bond acceptors (Lipinski definition) is 2. The van der Waals surface area contributed by atoms with Crippen molar-refractivity contribution >= 4 is 11.6 Å². The summed E-state index contributed by atoms with van der Waals surface area (Å²) in [4.78, 5) is 0. The largest absolute Gasteiger partial charge is 0.379 e. The third kappa shape index (κ3) is 1.71. The molecule has 1 aliphatic heterocycles. The molecule has 0 aromatic heterocycles. The third-order valence-electron chi connectivity index (χ3n) is 2.71. The molecular weight excluding hydrogens is 217 g/mol. The Balaban J connectivity index is 2.36. The Bertz CT molecular complexity index is 423. The fourth-order valence-electron chi connectivity index (χ4n) is 1.70. The van der Waals surface area contributed by atoms with E-state index in [2.05, 4.69) is 6.07 Å². The van der Waals surface area contributed by atoms with Gasteiger partial charge in [0.1, 0.15) is 5.82 Å². The van der Waals surface area contributed by atoms with Crippen LogP contribution in [0.4, 0.5) is 4.39 Å². The Morgan fingerprint density at radius 2 is 2.27 bits per heavy atom. The summed E-state index contributed by atoms with van der Waals surface area (Å²) in [5.74, 6) is -0.437. The van der Waals surface area contributed by atoms with Crippen molar-refractivity contribution < 1.29 is 9.13 Å². The molecule has 1 aliphatic rings. The lowest BCUT2D eigenvalue weighted by Gasteiger charge is -2.40. The highest BCUT2D eigenvalue weighted by Gasteiger charge is 2.40. The van der Waals surface area contributed by atoms with E-state index in [0.717, 1.165) is 5.56 Å². The molecule has 0 spiro atoms. The van der Waals surface area contributed by atoms with Crippen LogP contribution in [0.3, 0.4) is 0 Å². The molecule has 1 saturated heterocycles. The first-order chi connectivity index (χ1) is 7.18.